The summed E-state index contributed by atoms with van der Waals surface area (Å²) in [4.78, 5) is 28.9. The van der Waals surface area contributed by atoms with Gasteiger partial charge in [-0.3, -0.25) is 14.6 Å². The summed E-state index contributed by atoms with van der Waals surface area (Å²) in [7, 11) is 0. The first kappa shape index (κ1) is 26.6. The molecule has 0 aliphatic carbocycles. The number of aromatic nitrogens is 1. The van der Waals surface area contributed by atoms with E-state index >= 15 is 0 Å². The topological polar surface area (TPSA) is 71.1 Å². The molecule has 0 fully saturated rings. The third kappa shape index (κ3) is 5.16. The summed E-state index contributed by atoms with van der Waals surface area (Å²) in [5.74, 6) is -1.25. The second-order valence-corrected chi connectivity index (χ2v) is 7.87. The molecule has 5 nitrogen and oxygen atoms in total. The van der Waals surface area contributed by atoms with E-state index in [2.05, 4.69) is 15.6 Å². The number of nitrogens with one attached hydrogen (secondary N) is 2. The summed E-state index contributed by atoms with van der Waals surface area (Å²) in [6, 6.07) is 9.55. The molecule has 2 aromatic carbocycles. The summed E-state index contributed by atoms with van der Waals surface area (Å²) in [5, 5.41) is 5.00. The largest absolute Gasteiger partial charge is 0.435 e. The molecule has 0 spiro atoms. The van der Waals surface area contributed by atoms with Gasteiger partial charge in [0.05, 0.1) is 5.56 Å². The Kier molecular flexibility index (Phi) is 7.10. The van der Waals surface area contributed by atoms with E-state index in [4.69, 9.17) is 0 Å². The van der Waals surface area contributed by atoms with E-state index in [1.165, 1.54) is 42.7 Å². The van der Waals surface area contributed by atoms with Gasteiger partial charge in [0.15, 0.2) is 0 Å². The van der Waals surface area contributed by atoms with E-state index in [9.17, 15) is 40.3 Å². The highest BCUT2D eigenvalue weighted by atomic mass is 19.4. The average Bonchev–Trinajstić information content (AvgIpc) is 2.79. The van der Waals surface area contributed by atoms with E-state index in [1.54, 1.807) is 6.07 Å². The molecule has 1 heterocycles. The molecule has 1 aromatic heterocycles. The number of rotatable bonds is 5. The van der Waals surface area contributed by atoms with Crippen LogP contribution >= 0.6 is 0 Å². The molecule has 2 amide bonds. The Bertz CT molecular complexity index is 1250. The van der Waals surface area contributed by atoms with E-state index in [-0.39, 0.29) is 33.6 Å². The Morgan fingerprint density at radius 3 is 1.83 bits per heavy atom. The molecule has 0 unspecified atom stereocenters. The maximum Gasteiger partial charge on any atom is 0.435 e. The highest BCUT2D eigenvalue weighted by Crippen LogP contribution is 2.53. The van der Waals surface area contributed by atoms with Gasteiger partial charge >= 0.3 is 18.0 Å². The van der Waals surface area contributed by atoms with Crippen LogP contribution in [0.5, 0.6) is 0 Å². The summed E-state index contributed by atoms with van der Waals surface area (Å²) < 4.78 is 93.2. The molecule has 2 N–H and O–H groups in total. The van der Waals surface area contributed by atoms with Crippen LogP contribution in [0.2, 0.25) is 0 Å². The van der Waals surface area contributed by atoms with Crippen LogP contribution in [0.1, 0.15) is 37.4 Å². The van der Waals surface area contributed by atoms with Gasteiger partial charge in [0.1, 0.15) is 0 Å². The molecule has 0 saturated heterocycles. The van der Waals surface area contributed by atoms with Crippen LogP contribution in [-0.4, -0.2) is 29.2 Å². The Balaban J connectivity index is 1.87. The summed E-state index contributed by atoms with van der Waals surface area (Å²) in [6.07, 6.45) is -9.69. The smallest absolute Gasteiger partial charge is 0.322 e. The van der Waals surface area contributed by atoms with Gasteiger partial charge in [-0.05, 0) is 55.3 Å². The van der Waals surface area contributed by atoms with E-state index < -0.39 is 35.4 Å². The maximum atomic E-state index is 14.5. The molecule has 0 saturated carbocycles. The number of hydrogen-bond donors (Lipinski definition) is 2. The Hall–Kier alpha value is -3.96. The van der Waals surface area contributed by atoms with Crippen molar-refractivity contribution in [2.24, 2.45) is 0 Å². The fourth-order valence-electron chi connectivity index (χ4n) is 3.47. The van der Waals surface area contributed by atoms with Crippen LogP contribution in [0.15, 0.2) is 60.9 Å². The summed E-state index contributed by atoms with van der Waals surface area (Å²) in [5.41, 5.74) is -7.19. The molecule has 3 aromatic rings. The fraction of sp³-hybridized carbons (Fsp3) is 0.208. The number of hydrogen-bond acceptors (Lipinski definition) is 3. The molecule has 36 heavy (non-hydrogen) atoms. The van der Waals surface area contributed by atoms with Crippen molar-refractivity contribution in [1.29, 1.82) is 0 Å². The van der Waals surface area contributed by atoms with Crippen LogP contribution in [0.25, 0.3) is 0 Å². The van der Waals surface area contributed by atoms with Gasteiger partial charge in [0.25, 0.3) is 11.8 Å². The minimum atomic E-state index is -6.25. The highest BCUT2D eigenvalue weighted by Gasteiger charge is 2.73. The third-order valence-corrected chi connectivity index (χ3v) is 5.26. The molecule has 0 atom stereocenters. The summed E-state index contributed by atoms with van der Waals surface area (Å²) in [6.45, 7) is 2.29. The van der Waals surface area contributed by atoms with Crippen molar-refractivity contribution in [3.63, 3.8) is 0 Å². The lowest BCUT2D eigenvalue weighted by molar-refractivity contribution is -0.348. The number of carbonyl (C=O) groups excluding carboxylic acids is 2. The lowest BCUT2D eigenvalue weighted by Crippen LogP contribution is -2.50. The number of carbonyl (C=O) groups is 2. The lowest BCUT2D eigenvalue weighted by Gasteiger charge is -2.31. The van der Waals surface area contributed by atoms with Gasteiger partial charge in [-0.25, -0.2) is 4.39 Å². The predicted molar refractivity (Wildman–Crippen MR) is 117 cm³/mol. The molecule has 190 valence electrons. The summed E-state index contributed by atoms with van der Waals surface area (Å²) >= 11 is 0. The number of benzene rings is 2. The SMILES string of the molecule is Cc1cc(C(F)(C(F)(F)F)C(F)(F)F)cc(C)c1NC(=O)c1cccc(NC(=O)c2cccnc2)c1. The first-order chi connectivity index (χ1) is 16.6. The molecule has 12 heteroatoms. The number of halogens is 7. The fourth-order valence-corrected chi connectivity index (χ4v) is 3.47. The number of anilines is 2. The predicted octanol–water partition coefficient (Wildman–Crippen LogP) is 6.49. The minimum Gasteiger partial charge on any atom is -0.322 e. The van der Waals surface area contributed by atoms with Crippen molar-refractivity contribution >= 4 is 23.2 Å². The molecule has 0 bridgehead atoms. The van der Waals surface area contributed by atoms with Gasteiger partial charge in [-0.1, -0.05) is 18.2 Å². The first-order valence-electron chi connectivity index (χ1n) is 10.2. The number of nitrogens with zero attached hydrogens (tertiary/aromatic N) is 1. The lowest BCUT2D eigenvalue weighted by atomic mass is 9.90. The van der Waals surface area contributed by atoms with Crippen molar-refractivity contribution in [2.75, 3.05) is 10.6 Å². The average molecular weight is 513 g/mol. The molecule has 0 aliphatic heterocycles. The third-order valence-electron chi connectivity index (χ3n) is 5.26. The molecular weight excluding hydrogens is 495 g/mol. The van der Waals surface area contributed by atoms with Crippen molar-refractivity contribution in [3.8, 4) is 0 Å². The number of alkyl halides is 7. The highest BCUT2D eigenvalue weighted by molar-refractivity contribution is 6.07. The van der Waals surface area contributed by atoms with Gasteiger partial charge in [-0.2, -0.15) is 26.3 Å². The second-order valence-electron chi connectivity index (χ2n) is 7.87. The van der Waals surface area contributed by atoms with Crippen LogP contribution in [-0.2, 0) is 5.67 Å². The molecular formula is C24H18F7N3O2. The van der Waals surface area contributed by atoms with E-state index in [1.807, 2.05) is 0 Å². The number of aryl methyl sites for hydroxylation is 2. The van der Waals surface area contributed by atoms with Crippen molar-refractivity contribution in [1.82, 2.24) is 4.98 Å². The first-order valence-corrected chi connectivity index (χ1v) is 10.2. The zero-order valence-electron chi connectivity index (χ0n) is 18.7. The monoisotopic (exact) mass is 513 g/mol. The van der Waals surface area contributed by atoms with Crippen molar-refractivity contribution < 1.29 is 40.3 Å². The molecule has 0 aliphatic rings. The van der Waals surface area contributed by atoms with Crippen molar-refractivity contribution in [3.05, 3.63) is 88.7 Å². The standard InChI is InChI=1S/C24H18F7N3O2/c1-13-9-17(22(25,23(26,27)28)24(29,30)31)10-14(2)19(13)34-20(35)15-5-3-7-18(11-15)33-21(36)16-6-4-8-32-12-16/h3-12H,1-2H3,(H,33,36)(H,34,35). The van der Waals surface area contributed by atoms with Crippen LogP contribution in [0.4, 0.5) is 42.1 Å². The Labute approximate surface area is 200 Å². The Morgan fingerprint density at radius 1 is 0.750 bits per heavy atom. The van der Waals surface area contributed by atoms with Gasteiger partial charge in [0.2, 0.25) is 0 Å². The van der Waals surface area contributed by atoms with Crippen LogP contribution < -0.4 is 10.6 Å². The van der Waals surface area contributed by atoms with Crippen molar-refractivity contribution in [2.45, 2.75) is 31.9 Å². The molecule has 0 radical (unpaired) electrons. The number of pyridine rings is 1. The Morgan fingerprint density at radius 2 is 1.31 bits per heavy atom. The van der Waals surface area contributed by atoms with Crippen LogP contribution in [0.3, 0.4) is 0 Å². The zero-order valence-corrected chi connectivity index (χ0v) is 18.7. The minimum absolute atomic E-state index is 0.0345. The van der Waals surface area contributed by atoms with E-state index in [0.29, 0.717) is 12.1 Å². The van der Waals surface area contributed by atoms with Gasteiger partial charge in [-0.15, -0.1) is 0 Å². The maximum absolute atomic E-state index is 14.5. The quantitative estimate of drug-likeness (QED) is 0.383. The number of amides is 2. The van der Waals surface area contributed by atoms with Gasteiger partial charge in [0, 0.05) is 34.9 Å². The van der Waals surface area contributed by atoms with Gasteiger partial charge < -0.3 is 10.6 Å². The second kappa shape index (κ2) is 9.59. The molecule has 3 rings (SSSR count). The van der Waals surface area contributed by atoms with E-state index in [0.717, 1.165) is 13.8 Å². The normalized spacial score (nSPS) is 12.2. The zero-order chi connectivity index (χ0) is 26.9. The van der Waals surface area contributed by atoms with Crippen LogP contribution in [0, 0.1) is 13.8 Å².